The van der Waals surface area contributed by atoms with Gasteiger partial charge in [0.2, 0.25) is 0 Å². The number of amides is 2. The Labute approximate surface area is 188 Å². The molecule has 7 heteroatoms. The summed E-state index contributed by atoms with van der Waals surface area (Å²) in [5.74, 6) is 1.88. The molecule has 1 aromatic carbocycles. The number of nitrogens with zero attached hydrogens (tertiary/aromatic N) is 4. The van der Waals surface area contributed by atoms with Crippen molar-refractivity contribution in [2.75, 3.05) is 18.4 Å². The molecule has 2 fully saturated rings. The lowest BCUT2D eigenvalue weighted by atomic mass is 9.75. The molecule has 3 aromatic rings. The number of likely N-dealkylation sites (tertiary alicyclic amines) is 1. The molecule has 1 N–H and O–H groups in total. The largest absolute Gasteiger partial charge is 0.334 e. The highest BCUT2D eigenvalue weighted by molar-refractivity contribution is 5.90. The normalized spacial score (nSPS) is 20.9. The van der Waals surface area contributed by atoms with Crippen molar-refractivity contribution in [1.82, 2.24) is 20.0 Å². The van der Waals surface area contributed by atoms with E-state index in [0.29, 0.717) is 24.2 Å². The van der Waals surface area contributed by atoms with Gasteiger partial charge in [-0.25, -0.2) is 4.79 Å². The molecule has 5 rings (SSSR count). The Morgan fingerprint density at radius 1 is 1.28 bits per heavy atom. The molecule has 1 saturated heterocycles. The van der Waals surface area contributed by atoms with Gasteiger partial charge in [-0.3, -0.25) is 4.98 Å². The zero-order chi connectivity index (χ0) is 22.1. The Hall–Kier alpha value is -3.22. The van der Waals surface area contributed by atoms with E-state index >= 15 is 0 Å². The van der Waals surface area contributed by atoms with Crippen molar-refractivity contribution in [3.63, 3.8) is 0 Å². The second-order valence-electron chi connectivity index (χ2n) is 9.37. The molecule has 1 aliphatic heterocycles. The molecule has 1 saturated carbocycles. The van der Waals surface area contributed by atoms with Crippen molar-refractivity contribution in [2.24, 2.45) is 5.92 Å². The second-order valence-corrected chi connectivity index (χ2v) is 9.37. The van der Waals surface area contributed by atoms with E-state index in [-0.39, 0.29) is 11.4 Å². The highest BCUT2D eigenvalue weighted by Crippen LogP contribution is 2.46. The summed E-state index contributed by atoms with van der Waals surface area (Å²) in [6.07, 6.45) is 8.81. The third-order valence-electron chi connectivity index (χ3n) is 6.68. The molecule has 2 aliphatic rings. The average molecular weight is 432 g/mol. The Morgan fingerprint density at radius 2 is 2.16 bits per heavy atom. The molecule has 0 bridgehead atoms. The summed E-state index contributed by atoms with van der Waals surface area (Å²) in [5, 5.41) is 7.52. The first-order chi connectivity index (χ1) is 15.5. The van der Waals surface area contributed by atoms with Crippen LogP contribution in [-0.2, 0) is 5.41 Å². The fraction of sp³-hybridized carbons (Fsp3) is 0.440. The van der Waals surface area contributed by atoms with E-state index in [1.165, 1.54) is 12.8 Å². The second kappa shape index (κ2) is 8.37. The number of aryl methyl sites for hydroxylation is 2. The van der Waals surface area contributed by atoms with Crippen LogP contribution in [0.1, 0.15) is 49.1 Å². The summed E-state index contributed by atoms with van der Waals surface area (Å²) in [5.41, 5.74) is 3.59. The summed E-state index contributed by atoms with van der Waals surface area (Å²) in [6, 6.07) is 9.84. The van der Waals surface area contributed by atoms with Crippen LogP contribution in [-0.4, -0.2) is 39.1 Å². The van der Waals surface area contributed by atoms with Crippen LogP contribution < -0.4 is 5.32 Å². The Morgan fingerprint density at radius 3 is 2.94 bits per heavy atom. The Bertz CT molecular complexity index is 1110. The van der Waals surface area contributed by atoms with Crippen LogP contribution in [0.15, 0.2) is 47.2 Å². The predicted octanol–water partition coefficient (Wildman–Crippen LogP) is 5.11. The zero-order valence-electron chi connectivity index (χ0n) is 18.7. The third-order valence-corrected chi connectivity index (χ3v) is 6.68. The number of carbonyl (C=O) groups excluding carboxylic acids is 1. The van der Waals surface area contributed by atoms with Crippen LogP contribution in [0.4, 0.5) is 10.5 Å². The number of urea groups is 1. The van der Waals surface area contributed by atoms with Gasteiger partial charge in [0.05, 0.1) is 11.0 Å². The van der Waals surface area contributed by atoms with Gasteiger partial charge < -0.3 is 14.7 Å². The molecule has 3 heterocycles. The number of benzene rings is 1. The smallest absolute Gasteiger partial charge is 0.321 e. The van der Waals surface area contributed by atoms with E-state index in [0.717, 1.165) is 48.2 Å². The number of rotatable bonds is 5. The standard InChI is InChI=1S/C25H29N5O2/c1-17-6-7-18(2)21(13-17)27-24(31)30-12-4-10-25(16-30,14-19-8-9-19)23-28-22(32-29-23)20-5-3-11-26-15-20/h3,5-7,11,13,15,19H,4,8-10,12,14,16H2,1-2H3,(H,27,31). The maximum Gasteiger partial charge on any atom is 0.321 e. The predicted molar refractivity (Wildman–Crippen MR) is 122 cm³/mol. The maximum absolute atomic E-state index is 13.2. The van der Waals surface area contributed by atoms with Gasteiger partial charge in [0.25, 0.3) is 5.89 Å². The lowest BCUT2D eigenvalue weighted by molar-refractivity contribution is 0.143. The van der Waals surface area contributed by atoms with E-state index in [9.17, 15) is 4.79 Å². The van der Waals surface area contributed by atoms with Crippen molar-refractivity contribution >= 4 is 11.7 Å². The molecule has 2 amide bonds. The first kappa shape index (κ1) is 20.7. The lowest BCUT2D eigenvalue weighted by Crippen LogP contribution is -2.50. The third kappa shape index (κ3) is 4.24. The number of pyridine rings is 1. The van der Waals surface area contributed by atoms with Gasteiger partial charge >= 0.3 is 6.03 Å². The van der Waals surface area contributed by atoms with Gasteiger partial charge in [-0.2, -0.15) is 4.98 Å². The van der Waals surface area contributed by atoms with Gasteiger partial charge in [0.1, 0.15) is 0 Å². The van der Waals surface area contributed by atoms with Crippen molar-refractivity contribution in [3.8, 4) is 11.5 Å². The molecule has 0 radical (unpaired) electrons. The quantitative estimate of drug-likeness (QED) is 0.606. The fourth-order valence-electron chi connectivity index (χ4n) is 4.73. The lowest BCUT2D eigenvalue weighted by Gasteiger charge is -2.41. The SMILES string of the molecule is Cc1ccc(C)c(NC(=O)N2CCCC(CC3CC3)(c3noc(-c4cccnc4)n3)C2)c1. The first-order valence-electron chi connectivity index (χ1n) is 11.4. The van der Waals surface area contributed by atoms with E-state index in [4.69, 9.17) is 9.51 Å². The van der Waals surface area contributed by atoms with Crippen molar-refractivity contribution in [2.45, 2.75) is 51.4 Å². The number of nitrogens with one attached hydrogen (secondary N) is 1. The van der Waals surface area contributed by atoms with Gasteiger partial charge in [0, 0.05) is 31.2 Å². The average Bonchev–Trinajstić information content (AvgIpc) is 3.46. The van der Waals surface area contributed by atoms with Crippen LogP contribution in [0.3, 0.4) is 0 Å². The number of hydrogen-bond acceptors (Lipinski definition) is 5. The van der Waals surface area contributed by atoms with E-state index in [1.807, 2.05) is 43.0 Å². The molecule has 1 unspecified atom stereocenters. The summed E-state index contributed by atoms with van der Waals surface area (Å²) in [4.78, 5) is 24.1. The van der Waals surface area contributed by atoms with Crippen LogP contribution >= 0.6 is 0 Å². The van der Waals surface area contributed by atoms with E-state index in [1.54, 1.807) is 12.4 Å². The van der Waals surface area contributed by atoms with Gasteiger partial charge in [0.15, 0.2) is 5.82 Å². The molecule has 7 nitrogen and oxygen atoms in total. The monoisotopic (exact) mass is 431 g/mol. The number of aromatic nitrogens is 3. The maximum atomic E-state index is 13.2. The minimum Gasteiger partial charge on any atom is -0.334 e. The summed E-state index contributed by atoms with van der Waals surface area (Å²) >= 11 is 0. The van der Waals surface area contributed by atoms with Crippen molar-refractivity contribution < 1.29 is 9.32 Å². The van der Waals surface area contributed by atoms with Crippen LogP contribution in [0.5, 0.6) is 0 Å². The summed E-state index contributed by atoms with van der Waals surface area (Å²) in [7, 11) is 0. The van der Waals surface area contributed by atoms with Crippen molar-refractivity contribution in [3.05, 3.63) is 59.7 Å². The molecule has 0 spiro atoms. The van der Waals surface area contributed by atoms with Crippen LogP contribution in [0, 0.1) is 19.8 Å². The molecular formula is C25H29N5O2. The Kier molecular flexibility index (Phi) is 5.41. The van der Waals surface area contributed by atoms with Gasteiger partial charge in [-0.15, -0.1) is 0 Å². The summed E-state index contributed by atoms with van der Waals surface area (Å²) in [6.45, 7) is 5.39. The van der Waals surface area contributed by atoms with Gasteiger partial charge in [-0.05, 0) is 68.4 Å². The number of piperidine rings is 1. The minimum atomic E-state index is -0.275. The summed E-state index contributed by atoms with van der Waals surface area (Å²) < 4.78 is 5.63. The molecule has 32 heavy (non-hydrogen) atoms. The highest BCUT2D eigenvalue weighted by Gasteiger charge is 2.46. The van der Waals surface area contributed by atoms with E-state index < -0.39 is 0 Å². The molecule has 1 atom stereocenters. The fourth-order valence-corrected chi connectivity index (χ4v) is 4.73. The number of anilines is 1. The number of hydrogen-bond donors (Lipinski definition) is 1. The van der Waals surface area contributed by atoms with Crippen molar-refractivity contribution in [1.29, 1.82) is 0 Å². The molecule has 1 aliphatic carbocycles. The minimum absolute atomic E-state index is 0.0606. The highest BCUT2D eigenvalue weighted by atomic mass is 16.5. The zero-order valence-corrected chi connectivity index (χ0v) is 18.7. The topological polar surface area (TPSA) is 84.2 Å². The van der Waals surface area contributed by atoms with E-state index in [2.05, 4.69) is 21.5 Å². The first-order valence-corrected chi connectivity index (χ1v) is 11.4. The van der Waals surface area contributed by atoms with Gasteiger partial charge in [-0.1, -0.05) is 30.1 Å². The Balaban J connectivity index is 1.39. The molecule has 2 aromatic heterocycles. The molecular weight excluding hydrogens is 402 g/mol. The van der Waals surface area contributed by atoms with Crippen LogP contribution in [0.2, 0.25) is 0 Å². The number of carbonyl (C=O) groups is 1. The van der Waals surface area contributed by atoms with Crippen LogP contribution in [0.25, 0.3) is 11.5 Å². The molecule has 166 valence electrons.